The molecule has 0 aromatic heterocycles. The quantitative estimate of drug-likeness (QED) is 0.705. The highest BCUT2D eigenvalue weighted by Gasteiger charge is 2.54. The minimum absolute atomic E-state index is 0.0562. The Morgan fingerprint density at radius 2 is 1.70 bits per heavy atom. The van der Waals surface area contributed by atoms with Crippen LogP contribution >= 0.6 is 0 Å². The van der Waals surface area contributed by atoms with Crippen LogP contribution in [0, 0.1) is 34.5 Å². The summed E-state index contributed by atoms with van der Waals surface area (Å²) in [6, 6.07) is 1.51. The highest BCUT2D eigenvalue weighted by molar-refractivity contribution is 5.89. The third-order valence-corrected chi connectivity index (χ3v) is 6.20. The largest absolute Gasteiger partial charge is 0.368 e. The molecule has 4 bridgehead atoms. The molecule has 1 atom stereocenters. The number of rotatable bonds is 7. The van der Waals surface area contributed by atoms with Crippen molar-refractivity contribution in [3.8, 4) is 6.07 Å². The van der Waals surface area contributed by atoms with Crippen LogP contribution in [0.2, 0.25) is 0 Å². The molecule has 5 heteroatoms. The van der Waals surface area contributed by atoms with E-state index in [1.807, 2.05) is 0 Å². The smallest absolute Gasteiger partial charge is 0.239 e. The van der Waals surface area contributed by atoms with E-state index >= 15 is 0 Å². The Morgan fingerprint density at radius 1 is 1.13 bits per heavy atom. The number of primary amides is 1. The van der Waals surface area contributed by atoms with Crippen molar-refractivity contribution < 1.29 is 9.59 Å². The number of nitrogens with zero attached hydrogens (tertiary/aromatic N) is 1. The second-order valence-electron chi connectivity index (χ2n) is 8.03. The van der Waals surface area contributed by atoms with Gasteiger partial charge in [-0.25, -0.2) is 0 Å². The minimum atomic E-state index is -0.589. The number of nitriles is 1. The summed E-state index contributed by atoms with van der Waals surface area (Å²) in [5, 5.41) is 11.5. The van der Waals surface area contributed by atoms with Gasteiger partial charge in [-0.05, 0) is 75.5 Å². The Labute approximate surface area is 138 Å². The molecule has 0 aliphatic heterocycles. The first kappa shape index (κ1) is 16.3. The van der Waals surface area contributed by atoms with Crippen molar-refractivity contribution in [2.24, 2.45) is 28.9 Å². The average Bonchev–Trinajstić information content (AvgIpc) is 2.48. The molecular weight excluding hydrogens is 290 g/mol. The van der Waals surface area contributed by atoms with Gasteiger partial charge >= 0.3 is 0 Å². The van der Waals surface area contributed by atoms with E-state index in [9.17, 15) is 9.59 Å². The molecule has 0 spiro atoms. The van der Waals surface area contributed by atoms with Gasteiger partial charge in [0.2, 0.25) is 11.8 Å². The van der Waals surface area contributed by atoms with E-state index < -0.39 is 11.9 Å². The third-order valence-electron chi connectivity index (χ3n) is 6.20. The Kier molecular flexibility index (Phi) is 4.61. The summed E-state index contributed by atoms with van der Waals surface area (Å²) in [7, 11) is 0. The summed E-state index contributed by atoms with van der Waals surface area (Å²) < 4.78 is 0. The molecule has 4 fully saturated rings. The summed E-state index contributed by atoms with van der Waals surface area (Å²) in [5.74, 6) is 1.71. The zero-order chi connectivity index (χ0) is 16.4. The van der Waals surface area contributed by atoms with Gasteiger partial charge < -0.3 is 11.1 Å². The average molecular weight is 317 g/mol. The van der Waals surface area contributed by atoms with Crippen molar-refractivity contribution in [1.29, 1.82) is 5.26 Å². The summed E-state index contributed by atoms with van der Waals surface area (Å²) in [6.45, 7) is 0. The summed E-state index contributed by atoms with van der Waals surface area (Å²) >= 11 is 0. The van der Waals surface area contributed by atoms with Crippen molar-refractivity contribution >= 4 is 11.8 Å². The number of nitrogens with two attached hydrogens (primary N) is 1. The van der Waals surface area contributed by atoms with Crippen LogP contribution < -0.4 is 11.1 Å². The molecule has 126 valence electrons. The lowest BCUT2D eigenvalue weighted by Crippen LogP contribution is -2.56. The first-order valence-electron chi connectivity index (χ1n) is 8.99. The molecule has 4 aliphatic carbocycles. The maximum absolute atomic E-state index is 12.9. The molecule has 0 aromatic carbocycles. The number of hydrogen-bond acceptors (Lipinski definition) is 3. The van der Waals surface area contributed by atoms with Gasteiger partial charge in [-0.2, -0.15) is 5.26 Å². The number of carbonyl (C=O) groups is 2. The maximum Gasteiger partial charge on any atom is 0.239 e. The van der Waals surface area contributed by atoms with Crippen LogP contribution in [0.1, 0.15) is 64.2 Å². The number of carbonyl (C=O) groups excluding carboxylic acids is 2. The second-order valence-corrected chi connectivity index (χ2v) is 8.03. The van der Waals surface area contributed by atoms with Crippen LogP contribution in [0.5, 0.6) is 0 Å². The fourth-order valence-electron chi connectivity index (χ4n) is 5.54. The van der Waals surface area contributed by atoms with E-state index in [2.05, 4.69) is 11.4 Å². The molecule has 0 heterocycles. The fourth-order valence-corrected chi connectivity index (χ4v) is 5.54. The molecule has 23 heavy (non-hydrogen) atoms. The second kappa shape index (κ2) is 6.51. The van der Waals surface area contributed by atoms with Crippen LogP contribution in [-0.2, 0) is 9.59 Å². The Hall–Kier alpha value is -1.57. The van der Waals surface area contributed by atoms with Crippen LogP contribution in [-0.4, -0.2) is 17.9 Å². The van der Waals surface area contributed by atoms with Crippen molar-refractivity contribution in [1.82, 2.24) is 5.32 Å². The number of nitrogens with one attached hydrogen (secondary N) is 1. The summed E-state index contributed by atoms with van der Waals surface area (Å²) in [5.41, 5.74) is 5.23. The highest BCUT2D eigenvalue weighted by Crippen LogP contribution is 2.60. The van der Waals surface area contributed by atoms with E-state index in [0.717, 1.165) is 32.1 Å². The van der Waals surface area contributed by atoms with E-state index in [4.69, 9.17) is 11.0 Å². The molecule has 4 saturated carbocycles. The van der Waals surface area contributed by atoms with Gasteiger partial charge in [-0.3, -0.25) is 9.59 Å². The molecule has 2 amide bonds. The Morgan fingerprint density at radius 3 is 2.17 bits per heavy atom. The van der Waals surface area contributed by atoms with E-state index in [1.165, 1.54) is 19.3 Å². The molecule has 0 saturated heterocycles. The van der Waals surface area contributed by atoms with E-state index in [-0.39, 0.29) is 11.3 Å². The predicted molar refractivity (Wildman–Crippen MR) is 85.8 cm³/mol. The molecule has 4 aliphatic rings. The van der Waals surface area contributed by atoms with Crippen molar-refractivity contribution in [3.63, 3.8) is 0 Å². The standard InChI is InChI=1S/C18H27N3O2/c19-5-3-1-2-4-15(16(20)22)21-17(23)18-9-12-6-13(10-18)8-14(7-12)11-18/h12-15H,1-4,6-11H2,(H2,20,22)(H,21,23)/t12?,13?,14?,15-,18?/m0/s1. The van der Waals surface area contributed by atoms with Gasteiger partial charge in [-0.1, -0.05) is 0 Å². The first-order chi connectivity index (χ1) is 11.0. The topological polar surface area (TPSA) is 96.0 Å². The van der Waals surface area contributed by atoms with Gasteiger partial charge in [0.25, 0.3) is 0 Å². The van der Waals surface area contributed by atoms with Gasteiger partial charge in [-0.15, -0.1) is 0 Å². The predicted octanol–water partition coefficient (Wildman–Crippen LogP) is 2.26. The molecule has 3 N–H and O–H groups in total. The lowest BCUT2D eigenvalue weighted by Gasteiger charge is -2.55. The van der Waals surface area contributed by atoms with Crippen LogP contribution in [0.3, 0.4) is 0 Å². The van der Waals surface area contributed by atoms with Gasteiger partial charge in [0, 0.05) is 11.8 Å². The monoisotopic (exact) mass is 317 g/mol. The lowest BCUT2D eigenvalue weighted by molar-refractivity contribution is -0.148. The third kappa shape index (κ3) is 3.36. The summed E-state index contributed by atoms with van der Waals surface area (Å²) in [6.07, 6.45) is 9.35. The molecule has 0 aromatic rings. The summed E-state index contributed by atoms with van der Waals surface area (Å²) in [4.78, 5) is 24.6. The number of unbranched alkanes of at least 4 members (excludes halogenated alkanes) is 2. The number of hydrogen-bond donors (Lipinski definition) is 2. The zero-order valence-corrected chi connectivity index (χ0v) is 13.7. The Balaban J connectivity index is 1.60. The SMILES string of the molecule is N#CCCCC[C@H](NC(=O)C12CC3CC(CC(C3)C1)C2)C(N)=O. The first-order valence-corrected chi connectivity index (χ1v) is 8.99. The maximum atomic E-state index is 12.9. The van der Waals surface area contributed by atoms with Crippen molar-refractivity contribution in [2.75, 3.05) is 0 Å². The minimum Gasteiger partial charge on any atom is -0.368 e. The van der Waals surface area contributed by atoms with Crippen molar-refractivity contribution in [3.05, 3.63) is 0 Å². The van der Waals surface area contributed by atoms with Crippen LogP contribution in [0.25, 0.3) is 0 Å². The fraction of sp³-hybridized carbons (Fsp3) is 0.833. The van der Waals surface area contributed by atoms with Gasteiger partial charge in [0.05, 0.1) is 6.07 Å². The molecule has 4 rings (SSSR count). The van der Waals surface area contributed by atoms with Gasteiger partial charge in [0.15, 0.2) is 0 Å². The van der Waals surface area contributed by atoms with Crippen LogP contribution in [0.4, 0.5) is 0 Å². The molecular formula is C18H27N3O2. The molecule has 5 nitrogen and oxygen atoms in total. The normalized spacial score (nSPS) is 35.5. The van der Waals surface area contributed by atoms with E-state index in [1.54, 1.807) is 0 Å². The zero-order valence-electron chi connectivity index (χ0n) is 13.7. The molecule has 0 unspecified atom stereocenters. The molecule has 0 radical (unpaired) electrons. The van der Waals surface area contributed by atoms with Crippen LogP contribution in [0.15, 0.2) is 0 Å². The van der Waals surface area contributed by atoms with Crippen molar-refractivity contribution in [2.45, 2.75) is 70.3 Å². The highest BCUT2D eigenvalue weighted by atomic mass is 16.2. The van der Waals surface area contributed by atoms with E-state index in [0.29, 0.717) is 30.6 Å². The lowest BCUT2D eigenvalue weighted by atomic mass is 9.49. The van der Waals surface area contributed by atoms with Gasteiger partial charge in [0.1, 0.15) is 6.04 Å². The Bertz CT molecular complexity index is 488. The number of amides is 2.